The molecule has 2 unspecified atom stereocenters. The highest BCUT2D eigenvalue weighted by Crippen LogP contribution is 2.32. The SMILES string of the molecule is CC1CCCCC1N(C(N)=O)C1CCCCC1. The Kier molecular flexibility index (Phi) is 4.30. The second kappa shape index (κ2) is 5.74. The second-order valence-corrected chi connectivity index (χ2v) is 5.87. The maximum atomic E-state index is 11.8. The first-order valence-electron chi connectivity index (χ1n) is 7.28. The zero-order chi connectivity index (χ0) is 12.3. The van der Waals surface area contributed by atoms with E-state index in [0.717, 1.165) is 19.3 Å². The Morgan fingerprint density at radius 2 is 1.59 bits per heavy atom. The summed E-state index contributed by atoms with van der Waals surface area (Å²) in [6.45, 7) is 2.28. The van der Waals surface area contributed by atoms with E-state index in [1.54, 1.807) is 0 Å². The molecular weight excluding hydrogens is 212 g/mol. The number of amides is 2. The van der Waals surface area contributed by atoms with Gasteiger partial charge in [0.2, 0.25) is 0 Å². The molecule has 17 heavy (non-hydrogen) atoms. The van der Waals surface area contributed by atoms with E-state index in [0.29, 0.717) is 18.0 Å². The molecule has 0 aliphatic heterocycles. The average molecular weight is 238 g/mol. The number of nitrogens with zero attached hydrogens (tertiary/aromatic N) is 1. The summed E-state index contributed by atoms with van der Waals surface area (Å²) >= 11 is 0. The third-order valence-electron chi connectivity index (χ3n) is 4.65. The second-order valence-electron chi connectivity index (χ2n) is 5.87. The Bertz CT molecular complexity index is 261. The van der Waals surface area contributed by atoms with E-state index in [4.69, 9.17) is 5.73 Å². The summed E-state index contributed by atoms with van der Waals surface area (Å²) in [6, 6.07) is 0.645. The topological polar surface area (TPSA) is 46.3 Å². The van der Waals surface area contributed by atoms with Crippen LogP contribution in [0.5, 0.6) is 0 Å². The van der Waals surface area contributed by atoms with Crippen LogP contribution in [0, 0.1) is 5.92 Å². The van der Waals surface area contributed by atoms with Crippen molar-refractivity contribution in [2.75, 3.05) is 0 Å². The van der Waals surface area contributed by atoms with Gasteiger partial charge in [-0.3, -0.25) is 0 Å². The Hall–Kier alpha value is -0.730. The van der Waals surface area contributed by atoms with Crippen LogP contribution in [0.15, 0.2) is 0 Å². The van der Waals surface area contributed by atoms with Crippen molar-refractivity contribution >= 4 is 6.03 Å². The summed E-state index contributed by atoms with van der Waals surface area (Å²) in [7, 11) is 0. The highest BCUT2D eigenvalue weighted by atomic mass is 16.2. The minimum absolute atomic E-state index is 0.185. The quantitative estimate of drug-likeness (QED) is 0.788. The van der Waals surface area contributed by atoms with Gasteiger partial charge in [-0.05, 0) is 31.6 Å². The van der Waals surface area contributed by atoms with Gasteiger partial charge in [0.1, 0.15) is 0 Å². The zero-order valence-corrected chi connectivity index (χ0v) is 11.0. The van der Waals surface area contributed by atoms with Gasteiger partial charge < -0.3 is 10.6 Å². The Balaban J connectivity index is 2.06. The molecule has 0 saturated heterocycles. The van der Waals surface area contributed by atoms with Gasteiger partial charge in [-0.1, -0.05) is 39.0 Å². The Morgan fingerprint density at radius 1 is 1.00 bits per heavy atom. The molecule has 2 rings (SSSR count). The van der Waals surface area contributed by atoms with E-state index in [1.165, 1.54) is 38.5 Å². The van der Waals surface area contributed by atoms with Gasteiger partial charge >= 0.3 is 6.03 Å². The zero-order valence-electron chi connectivity index (χ0n) is 11.0. The fourth-order valence-corrected chi connectivity index (χ4v) is 3.68. The van der Waals surface area contributed by atoms with E-state index in [1.807, 2.05) is 4.90 Å². The molecule has 3 heteroatoms. The number of nitrogens with two attached hydrogens (primary N) is 1. The van der Waals surface area contributed by atoms with Crippen LogP contribution in [0.2, 0.25) is 0 Å². The molecule has 0 aromatic rings. The van der Waals surface area contributed by atoms with E-state index >= 15 is 0 Å². The highest BCUT2D eigenvalue weighted by Gasteiger charge is 2.34. The molecule has 98 valence electrons. The van der Waals surface area contributed by atoms with Gasteiger partial charge in [0.25, 0.3) is 0 Å². The first kappa shape index (κ1) is 12.7. The molecule has 0 aromatic carbocycles. The van der Waals surface area contributed by atoms with Gasteiger partial charge in [-0.2, -0.15) is 0 Å². The Morgan fingerprint density at radius 3 is 2.18 bits per heavy atom. The molecule has 0 bridgehead atoms. The fraction of sp³-hybridized carbons (Fsp3) is 0.929. The Labute approximate surface area is 105 Å². The summed E-state index contributed by atoms with van der Waals surface area (Å²) in [4.78, 5) is 13.8. The average Bonchev–Trinajstić information content (AvgIpc) is 2.33. The monoisotopic (exact) mass is 238 g/mol. The third kappa shape index (κ3) is 2.93. The summed E-state index contributed by atoms with van der Waals surface area (Å²) in [5.74, 6) is 0.623. The summed E-state index contributed by atoms with van der Waals surface area (Å²) in [6.07, 6.45) is 11.1. The molecule has 2 N–H and O–H groups in total. The third-order valence-corrected chi connectivity index (χ3v) is 4.65. The normalized spacial score (nSPS) is 31.1. The summed E-state index contributed by atoms with van der Waals surface area (Å²) in [5, 5.41) is 0. The molecule has 2 aliphatic carbocycles. The van der Waals surface area contributed by atoms with Crippen molar-refractivity contribution in [3.63, 3.8) is 0 Å². The van der Waals surface area contributed by atoms with Crippen LogP contribution in [-0.2, 0) is 0 Å². The number of carbonyl (C=O) groups is 1. The van der Waals surface area contributed by atoms with Crippen molar-refractivity contribution in [1.82, 2.24) is 4.90 Å². The standard InChI is InChI=1S/C14H26N2O/c1-11-7-5-6-10-13(11)16(14(15)17)12-8-3-2-4-9-12/h11-13H,2-10H2,1H3,(H2,15,17). The van der Waals surface area contributed by atoms with Crippen LogP contribution < -0.4 is 5.73 Å². The van der Waals surface area contributed by atoms with Gasteiger partial charge in [0, 0.05) is 12.1 Å². The van der Waals surface area contributed by atoms with Crippen molar-refractivity contribution in [1.29, 1.82) is 0 Å². The predicted molar refractivity (Wildman–Crippen MR) is 69.7 cm³/mol. The largest absolute Gasteiger partial charge is 0.351 e. The van der Waals surface area contributed by atoms with Crippen LogP contribution in [0.25, 0.3) is 0 Å². The summed E-state index contributed by atoms with van der Waals surface area (Å²) < 4.78 is 0. The lowest BCUT2D eigenvalue weighted by Gasteiger charge is -2.43. The van der Waals surface area contributed by atoms with E-state index in [2.05, 4.69) is 6.92 Å². The molecule has 2 aliphatic rings. The number of hydrogen-bond acceptors (Lipinski definition) is 1. The van der Waals surface area contributed by atoms with Gasteiger partial charge in [-0.25, -0.2) is 4.79 Å². The smallest absolute Gasteiger partial charge is 0.315 e. The molecule has 0 heterocycles. The minimum Gasteiger partial charge on any atom is -0.351 e. The van der Waals surface area contributed by atoms with Crippen molar-refractivity contribution in [2.24, 2.45) is 11.7 Å². The van der Waals surface area contributed by atoms with E-state index in [9.17, 15) is 4.79 Å². The summed E-state index contributed by atoms with van der Waals surface area (Å²) in [5.41, 5.74) is 5.65. The molecule has 3 nitrogen and oxygen atoms in total. The van der Waals surface area contributed by atoms with E-state index < -0.39 is 0 Å². The first-order valence-corrected chi connectivity index (χ1v) is 7.28. The fourth-order valence-electron chi connectivity index (χ4n) is 3.68. The molecule has 0 radical (unpaired) electrons. The molecule has 2 saturated carbocycles. The lowest BCUT2D eigenvalue weighted by Crippen LogP contribution is -2.53. The maximum Gasteiger partial charge on any atom is 0.315 e. The van der Waals surface area contributed by atoms with Crippen LogP contribution in [0.4, 0.5) is 4.79 Å². The molecule has 2 atom stereocenters. The van der Waals surface area contributed by atoms with E-state index in [-0.39, 0.29) is 6.03 Å². The molecule has 0 aromatic heterocycles. The number of urea groups is 1. The molecule has 0 spiro atoms. The number of rotatable bonds is 2. The molecular formula is C14H26N2O. The van der Waals surface area contributed by atoms with Crippen LogP contribution >= 0.6 is 0 Å². The molecule has 2 amide bonds. The molecule has 2 fully saturated rings. The highest BCUT2D eigenvalue weighted by molar-refractivity contribution is 5.72. The lowest BCUT2D eigenvalue weighted by molar-refractivity contribution is 0.0840. The maximum absolute atomic E-state index is 11.8. The van der Waals surface area contributed by atoms with Gasteiger partial charge in [0.15, 0.2) is 0 Å². The van der Waals surface area contributed by atoms with Crippen molar-refractivity contribution in [2.45, 2.75) is 76.8 Å². The van der Waals surface area contributed by atoms with Crippen molar-refractivity contribution in [3.8, 4) is 0 Å². The van der Waals surface area contributed by atoms with Crippen LogP contribution in [-0.4, -0.2) is 23.0 Å². The van der Waals surface area contributed by atoms with Gasteiger partial charge in [-0.15, -0.1) is 0 Å². The van der Waals surface area contributed by atoms with Crippen LogP contribution in [0.3, 0.4) is 0 Å². The minimum atomic E-state index is -0.185. The van der Waals surface area contributed by atoms with Crippen molar-refractivity contribution in [3.05, 3.63) is 0 Å². The first-order chi connectivity index (χ1) is 8.20. The van der Waals surface area contributed by atoms with Gasteiger partial charge in [0.05, 0.1) is 0 Å². The van der Waals surface area contributed by atoms with Crippen molar-refractivity contribution < 1.29 is 4.79 Å². The predicted octanol–water partition coefficient (Wildman–Crippen LogP) is 3.28. The lowest BCUT2D eigenvalue weighted by atomic mass is 9.83. The number of primary amides is 1. The number of hydrogen-bond donors (Lipinski definition) is 1. The number of carbonyl (C=O) groups excluding carboxylic acids is 1. The van der Waals surface area contributed by atoms with Crippen LogP contribution in [0.1, 0.15) is 64.7 Å².